The fourth-order valence-electron chi connectivity index (χ4n) is 3.15. The van der Waals surface area contributed by atoms with Crippen molar-refractivity contribution in [3.05, 3.63) is 95.1 Å². The van der Waals surface area contributed by atoms with Gasteiger partial charge < -0.3 is 9.84 Å². The highest BCUT2D eigenvalue weighted by atomic mass is 16.5. The lowest BCUT2D eigenvalue weighted by atomic mass is 9.86. The molecule has 0 saturated carbocycles. The Morgan fingerprint density at radius 2 is 1.59 bits per heavy atom. The number of rotatable bonds is 5. The first kappa shape index (κ1) is 20.4. The molecule has 0 aliphatic heterocycles. The number of benzene rings is 3. The predicted molar refractivity (Wildman–Crippen MR) is 118 cm³/mol. The van der Waals surface area contributed by atoms with Crippen molar-refractivity contribution in [2.45, 2.75) is 33.1 Å². The van der Waals surface area contributed by atoms with Crippen LogP contribution in [0.15, 0.2) is 72.8 Å². The minimum absolute atomic E-state index is 0.0300. The topological polar surface area (TPSA) is 46.5 Å². The van der Waals surface area contributed by atoms with Crippen molar-refractivity contribution in [1.29, 1.82) is 0 Å². The van der Waals surface area contributed by atoms with Gasteiger partial charge in [-0.25, -0.2) is 4.79 Å². The van der Waals surface area contributed by atoms with Gasteiger partial charge >= 0.3 is 5.97 Å². The van der Waals surface area contributed by atoms with E-state index in [-0.39, 0.29) is 11.0 Å². The SMILES string of the molecule is Cc1ccc(C(C)(C)C)c(Oc2ccc(/C=C(/C(=O)O)c3ccccc3)cc2)c1. The molecule has 0 heterocycles. The molecule has 0 aromatic heterocycles. The first-order chi connectivity index (χ1) is 13.7. The van der Waals surface area contributed by atoms with Crippen molar-refractivity contribution in [2.24, 2.45) is 0 Å². The molecule has 29 heavy (non-hydrogen) atoms. The van der Waals surface area contributed by atoms with Gasteiger partial charge in [-0.3, -0.25) is 0 Å². The largest absolute Gasteiger partial charge is 0.478 e. The van der Waals surface area contributed by atoms with E-state index < -0.39 is 5.97 Å². The second-order valence-corrected chi connectivity index (χ2v) is 8.15. The summed E-state index contributed by atoms with van der Waals surface area (Å²) in [5.41, 5.74) is 3.99. The molecule has 0 aliphatic rings. The highest BCUT2D eigenvalue weighted by Gasteiger charge is 2.19. The van der Waals surface area contributed by atoms with Crippen molar-refractivity contribution < 1.29 is 14.6 Å². The molecule has 3 rings (SSSR count). The Kier molecular flexibility index (Phi) is 5.88. The third kappa shape index (κ3) is 5.14. The second kappa shape index (κ2) is 8.36. The molecule has 0 aliphatic carbocycles. The molecule has 0 atom stereocenters. The molecule has 0 fully saturated rings. The average molecular weight is 386 g/mol. The van der Waals surface area contributed by atoms with Crippen LogP contribution in [-0.4, -0.2) is 11.1 Å². The first-order valence-electron chi connectivity index (χ1n) is 9.63. The summed E-state index contributed by atoms with van der Waals surface area (Å²) in [6.45, 7) is 8.53. The van der Waals surface area contributed by atoms with Crippen molar-refractivity contribution in [1.82, 2.24) is 0 Å². The molecule has 3 nitrogen and oxygen atoms in total. The average Bonchev–Trinajstić information content (AvgIpc) is 2.67. The maximum atomic E-state index is 11.7. The molecule has 3 aromatic carbocycles. The summed E-state index contributed by atoms with van der Waals surface area (Å²) in [6, 6.07) is 22.8. The van der Waals surface area contributed by atoms with E-state index in [4.69, 9.17) is 4.74 Å². The number of carboxylic acid groups (broad SMARTS) is 1. The molecule has 0 unspecified atom stereocenters. The standard InChI is InChI=1S/C26H26O3/c1-18-10-15-23(26(2,3)4)24(16-18)29-21-13-11-19(12-14-21)17-22(25(27)28)20-8-6-5-7-9-20/h5-17H,1-4H3,(H,27,28)/b22-17+. The summed E-state index contributed by atoms with van der Waals surface area (Å²) in [4.78, 5) is 11.7. The van der Waals surface area contributed by atoms with Crippen molar-refractivity contribution in [3.63, 3.8) is 0 Å². The summed E-state index contributed by atoms with van der Waals surface area (Å²) >= 11 is 0. The molecule has 0 amide bonds. The van der Waals surface area contributed by atoms with E-state index in [1.807, 2.05) is 55.5 Å². The summed E-state index contributed by atoms with van der Waals surface area (Å²) < 4.78 is 6.17. The Morgan fingerprint density at radius 1 is 0.931 bits per heavy atom. The Morgan fingerprint density at radius 3 is 2.17 bits per heavy atom. The third-order valence-electron chi connectivity index (χ3n) is 4.68. The first-order valence-corrected chi connectivity index (χ1v) is 9.63. The monoisotopic (exact) mass is 386 g/mol. The molecule has 0 radical (unpaired) electrons. The lowest BCUT2D eigenvalue weighted by Crippen LogP contribution is -2.12. The fourth-order valence-corrected chi connectivity index (χ4v) is 3.15. The summed E-state index contributed by atoms with van der Waals surface area (Å²) in [5, 5.41) is 9.58. The number of ether oxygens (including phenoxy) is 1. The Hall–Kier alpha value is -3.33. The van der Waals surface area contributed by atoms with Gasteiger partial charge in [0.05, 0.1) is 5.57 Å². The Bertz CT molecular complexity index is 1020. The minimum atomic E-state index is -0.953. The maximum absolute atomic E-state index is 11.7. The molecule has 3 heteroatoms. The van der Waals surface area contributed by atoms with Crippen LogP contribution in [0.5, 0.6) is 11.5 Å². The van der Waals surface area contributed by atoms with Crippen LogP contribution in [0.2, 0.25) is 0 Å². The lowest BCUT2D eigenvalue weighted by molar-refractivity contribution is -0.130. The number of hydrogen-bond donors (Lipinski definition) is 1. The number of carboxylic acids is 1. The van der Waals surface area contributed by atoms with Crippen LogP contribution in [-0.2, 0) is 10.2 Å². The van der Waals surface area contributed by atoms with Gasteiger partial charge in [-0.2, -0.15) is 0 Å². The van der Waals surface area contributed by atoms with Crippen molar-refractivity contribution >= 4 is 17.6 Å². The molecule has 1 N–H and O–H groups in total. The number of aliphatic carboxylic acids is 1. The lowest BCUT2D eigenvalue weighted by Gasteiger charge is -2.23. The smallest absolute Gasteiger partial charge is 0.336 e. The number of aryl methyl sites for hydroxylation is 1. The normalized spacial score (nSPS) is 11.9. The quantitative estimate of drug-likeness (QED) is 0.391. The van der Waals surface area contributed by atoms with Crippen LogP contribution in [0.25, 0.3) is 11.6 Å². The predicted octanol–water partition coefficient (Wildman–Crippen LogP) is 6.71. The van der Waals surface area contributed by atoms with Crippen molar-refractivity contribution in [2.75, 3.05) is 0 Å². The molecule has 0 saturated heterocycles. The Labute approximate surface area is 172 Å². The van der Waals surface area contributed by atoms with Crippen LogP contribution in [0, 0.1) is 6.92 Å². The van der Waals surface area contributed by atoms with E-state index in [1.54, 1.807) is 18.2 Å². The molecule has 0 spiro atoms. The second-order valence-electron chi connectivity index (χ2n) is 8.15. The molecule has 3 aromatic rings. The van der Waals surface area contributed by atoms with Gasteiger partial charge in [0.2, 0.25) is 0 Å². The highest BCUT2D eigenvalue weighted by Crippen LogP contribution is 2.35. The third-order valence-corrected chi connectivity index (χ3v) is 4.68. The van der Waals surface area contributed by atoms with Crippen LogP contribution in [0.1, 0.15) is 43.0 Å². The fraction of sp³-hybridized carbons (Fsp3) is 0.192. The summed E-state index contributed by atoms with van der Waals surface area (Å²) in [7, 11) is 0. The zero-order valence-corrected chi connectivity index (χ0v) is 17.3. The van der Waals surface area contributed by atoms with Gasteiger partial charge in [0.1, 0.15) is 11.5 Å². The highest BCUT2D eigenvalue weighted by molar-refractivity contribution is 6.20. The van der Waals surface area contributed by atoms with Crippen molar-refractivity contribution in [3.8, 4) is 11.5 Å². The van der Waals surface area contributed by atoms with Crippen LogP contribution in [0.4, 0.5) is 0 Å². The van der Waals surface area contributed by atoms with E-state index in [0.29, 0.717) is 5.56 Å². The van der Waals surface area contributed by atoms with E-state index in [0.717, 1.165) is 28.2 Å². The van der Waals surface area contributed by atoms with E-state index in [2.05, 4.69) is 32.9 Å². The molecule has 0 bridgehead atoms. The van der Waals surface area contributed by atoms with Gasteiger partial charge in [-0.15, -0.1) is 0 Å². The zero-order valence-electron chi connectivity index (χ0n) is 17.3. The van der Waals surface area contributed by atoms with Gasteiger partial charge in [-0.1, -0.05) is 75.4 Å². The van der Waals surface area contributed by atoms with E-state index in [9.17, 15) is 9.90 Å². The number of carbonyl (C=O) groups is 1. The summed E-state index contributed by atoms with van der Waals surface area (Å²) in [5.74, 6) is 0.609. The minimum Gasteiger partial charge on any atom is -0.478 e. The summed E-state index contributed by atoms with van der Waals surface area (Å²) in [6.07, 6.45) is 1.68. The molecule has 148 valence electrons. The van der Waals surface area contributed by atoms with Crippen LogP contribution >= 0.6 is 0 Å². The van der Waals surface area contributed by atoms with Crippen LogP contribution in [0.3, 0.4) is 0 Å². The van der Waals surface area contributed by atoms with E-state index in [1.165, 1.54) is 0 Å². The van der Waals surface area contributed by atoms with Gasteiger partial charge in [-0.05, 0) is 53.3 Å². The number of hydrogen-bond acceptors (Lipinski definition) is 2. The molecular formula is C26H26O3. The zero-order chi connectivity index (χ0) is 21.0. The van der Waals surface area contributed by atoms with Crippen LogP contribution < -0.4 is 4.74 Å². The van der Waals surface area contributed by atoms with Gasteiger partial charge in [0, 0.05) is 5.56 Å². The Balaban J connectivity index is 1.88. The molecular weight excluding hydrogens is 360 g/mol. The van der Waals surface area contributed by atoms with Gasteiger partial charge in [0.25, 0.3) is 0 Å². The maximum Gasteiger partial charge on any atom is 0.336 e. The van der Waals surface area contributed by atoms with E-state index >= 15 is 0 Å². The van der Waals surface area contributed by atoms with Gasteiger partial charge in [0.15, 0.2) is 0 Å².